The van der Waals surface area contributed by atoms with Gasteiger partial charge in [-0.05, 0) is 30.2 Å². The summed E-state index contributed by atoms with van der Waals surface area (Å²) in [6, 6.07) is 16.2. The second-order valence-corrected chi connectivity index (χ2v) is 4.33. The van der Waals surface area contributed by atoms with Crippen molar-refractivity contribution in [3.63, 3.8) is 0 Å². The minimum absolute atomic E-state index is 0.516. The van der Waals surface area contributed by atoms with Gasteiger partial charge in [-0.15, -0.1) is 11.6 Å². The number of hydrogen-bond donors (Lipinski definition) is 0. The van der Waals surface area contributed by atoms with Gasteiger partial charge in [-0.1, -0.05) is 42.0 Å². The molecule has 88 valence electrons. The van der Waals surface area contributed by atoms with Crippen LogP contribution in [0.15, 0.2) is 48.5 Å². The normalized spacial score (nSPS) is 10.2. The van der Waals surface area contributed by atoms with Crippen LogP contribution in [-0.2, 0) is 12.5 Å². The van der Waals surface area contributed by atoms with Gasteiger partial charge >= 0.3 is 0 Å². The van der Waals surface area contributed by atoms with Gasteiger partial charge in [-0.3, -0.25) is 0 Å². The van der Waals surface area contributed by atoms with Gasteiger partial charge < -0.3 is 4.74 Å². The molecule has 0 amide bonds. The molecule has 0 saturated carbocycles. The first kappa shape index (κ1) is 12.0. The van der Waals surface area contributed by atoms with Crippen LogP contribution in [0.25, 0.3) is 0 Å². The third-order valence-corrected chi connectivity index (χ3v) is 2.85. The zero-order chi connectivity index (χ0) is 12.1. The first-order chi connectivity index (χ1) is 8.28. The van der Waals surface area contributed by atoms with E-state index in [0.717, 1.165) is 11.3 Å². The average molecular weight is 247 g/mol. The number of hydrogen-bond acceptors (Lipinski definition) is 1. The van der Waals surface area contributed by atoms with Crippen molar-refractivity contribution in [2.45, 2.75) is 19.4 Å². The van der Waals surface area contributed by atoms with Crippen molar-refractivity contribution in [1.82, 2.24) is 0 Å². The van der Waals surface area contributed by atoms with E-state index in [0.29, 0.717) is 12.5 Å². The summed E-state index contributed by atoms with van der Waals surface area (Å²) in [4.78, 5) is 0. The predicted octanol–water partition coefficient (Wildman–Crippen LogP) is 4.31. The van der Waals surface area contributed by atoms with E-state index in [1.165, 1.54) is 11.1 Å². The molecular weight excluding hydrogens is 232 g/mol. The van der Waals surface area contributed by atoms with Crippen LogP contribution < -0.4 is 4.74 Å². The molecule has 0 N–H and O–H groups in total. The highest BCUT2D eigenvalue weighted by molar-refractivity contribution is 6.17. The Kier molecular flexibility index (Phi) is 4.05. The quantitative estimate of drug-likeness (QED) is 0.731. The third-order valence-electron chi connectivity index (χ3n) is 2.54. The van der Waals surface area contributed by atoms with Gasteiger partial charge in [0.2, 0.25) is 0 Å². The summed E-state index contributed by atoms with van der Waals surface area (Å²) in [5.74, 6) is 1.38. The molecular formula is C15H15ClO. The second-order valence-electron chi connectivity index (χ2n) is 4.06. The van der Waals surface area contributed by atoms with Gasteiger partial charge in [0.1, 0.15) is 12.4 Å². The fraction of sp³-hybridized carbons (Fsp3) is 0.200. The Bertz CT molecular complexity index is 494. The molecule has 0 fully saturated rings. The zero-order valence-corrected chi connectivity index (χ0v) is 10.6. The summed E-state index contributed by atoms with van der Waals surface area (Å²) in [6.07, 6.45) is 0. The SMILES string of the molecule is Cc1cccc(COc2cccc(CCl)c2)c1. The molecule has 2 heteroatoms. The molecule has 0 unspecified atom stereocenters. The van der Waals surface area contributed by atoms with Crippen molar-refractivity contribution in [1.29, 1.82) is 0 Å². The summed E-state index contributed by atoms with van der Waals surface area (Å²) < 4.78 is 5.73. The smallest absolute Gasteiger partial charge is 0.120 e. The largest absolute Gasteiger partial charge is 0.489 e. The van der Waals surface area contributed by atoms with Crippen LogP contribution in [0.4, 0.5) is 0 Å². The number of rotatable bonds is 4. The van der Waals surface area contributed by atoms with Crippen LogP contribution in [0.2, 0.25) is 0 Å². The molecule has 0 saturated heterocycles. The highest BCUT2D eigenvalue weighted by Crippen LogP contribution is 2.16. The summed E-state index contributed by atoms with van der Waals surface area (Å²) in [5, 5.41) is 0. The number of halogens is 1. The Morgan fingerprint density at radius 3 is 2.53 bits per heavy atom. The van der Waals surface area contributed by atoms with Crippen molar-refractivity contribution in [2.24, 2.45) is 0 Å². The molecule has 1 nitrogen and oxygen atoms in total. The summed E-state index contributed by atoms with van der Waals surface area (Å²) in [6.45, 7) is 2.67. The van der Waals surface area contributed by atoms with E-state index in [2.05, 4.69) is 25.1 Å². The molecule has 0 atom stereocenters. The summed E-state index contributed by atoms with van der Waals surface area (Å²) >= 11 is 5.78. The zero-order valence-electron chi connectivity index (χ0n) is 9.82. The molecule has 0 spiro atoms. The predicted molar refractivity (Wildman–Crippen MR) is 71.5 cm³/mol. The van der Waals surface area contributed by atoms with Crippen LogP contribution in [-0.4, -0.2) is 0 Å². The van der Waals surface area contributed by atoms with Crippen LogP contribution in [0, 0.1) is 6.92 Å². The van der Waals surface area contributed by atoms with Gasteiger partial charge in [0.25, 0.3) is 0 Å². The van der Waals surface area contributed by atoms with Crippen molar-refractivity contribution in [3.05, 3.63) is 65.2 Å². The maximum atomic E-state index is 5.78. The minimum Gasteiger partial charge on any atom is -0.489 e. The fourth-order valence-corrected chi connectivity index (χ4v) is 1.85. The Hall–Kier alpha value is -1.47. The Balaban J connectivity index is 2.02. The molecule has 2 aromatic rings. The first-order valence-electron chi connectivity index (χ1n) is 5.61. The average Bonchev–Trinajstić information content (AvgIpc) is 2.37. The molecule has 0 aromatic heterocycles. The highest BCUT2D eigenvalue weighted by atomic mass is 35.5. The lowest BCUT2D eigenvalue weighted by Crippen LogP contribution is -1.96. The van der Waals surface area contributed by atoms with Gasteiger partial charge in [-0.25, -0.2) is 0 Å². The van der Waals surface area contributed by atoms with E-state index in [1.807, 2.05) is 30.3 Å². The standard InChI is InChI=1S/C15H15ClO/c1-12-4-2-6-14(8-12)11-17-15-7-3-5-13(9-15)10-16/h2-9H,10-11H2,1H3. The topological polar surface area (TPSA) is 9.23 Å². The number of benzene rings is 2. The van der Waals surface area contributed by atoms with Crippen molar-refractivity contribution in [2.75, 3.05) is 0 Å². The lowest BCUT2D eigenvalue weighted by atomic mass is 10.1. The lowest BCUT2D eigenvalue weighted by Gasteiger charge is -2.07. The molecule has 0 aliphatic rings. The molecule has 0 bridgehead atoms. The minimum atomic E-state index is 0.516. The summed E-state index contributed by atoms with van der Waals surface area (Å²) in [5.41, 5.74) is 3.51. The van der Waals surface area contributed by atoms with E-state index in [4.69, 9.17) is 16.3 Å². The number of aryl methyl sites for hydroxylation is 1. The Morgan fingerprint density at radius 1 is 1.00 bits per heavy atom. The molecule has 0 aliphatic heterocycles. The molecule has 0 radical (unpaired) electrons. The Labute approximate surface area is 107 Å². The van der Waals surface area contributed by atoms with E-state index in [-0.39, 0.29) is 0 Å². The van der Waals surface area contributed by atoms with Gasteiger partial charge in [0.15, 0.2) is 0 Å². The summed E-state index contributed by atoms with van der Waals surface area (Å²) in [7, 11) is 0. The fourth-order valence-electron chi connectivity index (χ4n) is 1.69. The van der Waals surface area contributed by atoms with E-state index in [9.17, 15) is 0 Å². The van der Waals surface area contributed by atoms with Gasteiger partial charge in [0, 0.05) is 5.88 Å². The maximum absolute atomic E-state index is 5.78. The molecule has 0 aliphatic carbocycles. The maximum Gasteiger partial charge on any atom is 0.120 e. The van der Waals surface area contributed by atoms with E-state index in [1.54, 1.807) is 0 Å². The molecule has 0 heterocycles. The molecule has 17 heavy (non-hydrogen) atoms. The van der Waals surface area contributed by atoms with Crippen molar-refractivity contribution >= 4 is 11.6 Å². The third kappa shape index (κ3) is 3.50. The van der Waals surface area contributed by atoms with Crippen LogP contribution in [0.3, 0.4) is 0 Å². The van der Waals surface area contributed by atoms with Crippen molar-refractivity contribution < 1.29 is 4.74 Å². The first-order valence-corrected chi connectivity index (χ1v) is 6.14. The second kappa shape index (κ2) is 5.74. The Morgan fingerprint density at radius 2 is 1.76 bits per heavy atom. The van der Waals surface area contributed by atoms with Gasteiger partial charge in [-0.2, -0.15) is 0 Å². The van der Waals surface area contributed by atoms with Crippen LogP contribution in [0.5, 0.6) is 5.75 Å². The van der Waals surface area contributed by atoms with E-state index >= 15 is 0 Å². The number of alkyl halides is 1. The monoisotopic (exact) mass is 246 g/mol. The van der Waals surface area contributed by atoms with Crippen LogP contribution in [0.1, 0.15) is 16.7 Å². The van der Waals surface area contributed by atoms with Crippen LogP contribution >= 0.6 is 11.6 Å². The van der Waals surface area contributed by atoms with Crippen molar-refractivity contribution in [3.8, 4) is 5.75 Å². The molecule has 2 rings (SSSR count). The van der Waals surface area contributed by atoms with Gasteiger partial charge in [0.05, 0.1) is 0 Å². The van der Waals surface area contributed by atoms with E-state index < -0.39 is 0 Å². The highest BCUT2D eigenvalue weighted by Gasteiger charge is 1.98. The lowest BCUT2D eigenvalue weighted by molar-refractivity contribution is 0.306. The molecule has 2 aromatic carbocycles. The number of ether oxygens (including phenoxy) is 1.